The highest BCUT2D eigenvalue weighted by atomic mass is 19.1. The van der Waals surface area contributed by atoms with Crippen molar-refractivity contribution in [1.82, 2.24) is 19.2 Å². The van der Waals surface area contributed by atoms with Crippen LogP contribution in [0.15, 0.2) is 58.1 Å². The minimum absolute atomic E-state index is 0.0784. The molecule has 1 fully saturated rings. The van der Waals surface area contributed by atoms with E-state index in [0.29, 0.717) is 30.7 Å². The second-order valence-electron chi connectivity index (χ2n) is 8.60. The van der Waals surface area contributed by atoms with Crippen LogP contribution in [-0.4, -0.2) is 57.9 Å². The zero-order chi connectivity index (χ0) is 26.5. The van der Waals surface area contributed by atoms with Crippen LogP contribution in [0.3, 0.4) is 0 Å². The van der Waals surface area contributed by atoms with E-state index in [1.165, 1.54) is 36.3 Å². The molecule has 1 atom stereocenters. The average molecular weight is 511 g/mol. The van der Waals surface area contributed by atoms with Crippen LogP contribution in [0.1, 0.15) is 35.8 Å². The number of rotatable bonds is 7. The molecule has 3 aromatic rings. The van der Waals surface area contributed by atoms with Gasteiger partial charge >= 0.3 is 11.7 Å². The van der Waals surface area contributed by atoms with Crippen molar-refractivity contribution in [2.45, 2.75) is 26.3 Å². The van der Waals surface area contributed by atoms with Gasteiger partial charge in [-0.1, -0.05) is 18.2 Å². The smallest absolute Gasteiger partial charge is 0.352 e. The second-order valence-corrected chi connectivity index (χ2v) is 8.60. The van der Waals surface area contributed by atoms with Crippen LogP contribution < -0.4 is 16.0 Å². The molecule has 1 aromatic heterocycles. The van der Waals surface area contributed by atoms with Crippen LogP contribution in [0.2, 0.25) is 0 Å². The van der Waals surface area contributed by atoms with Gasteiger partial charge in [0.2, 0.25) is 5.69 Å². The van der Waals surface area contributed by atoms with Crippen LogP contribution in [0.25, 0.3) is 5.69 Å². The number of halogens is 1. The summed E-state index contributed by atoms with van der Waals surface area (Å²) in [5.41, 5.74) is -1.34. The third-order valence-electron chi connectivity index (χ3n) is 6.14. The zero-order valence-electron chi connectivity index (χ0n) is 20.6. The van der Waals surface area contributed by atoms with Crippen LogP contribution >= 0.6 is 0 Å². The van der Waals surface area contributed by atoms with E-state index < -0.39 is 40.6 Å². The van der Waals surface area contributed by atoms with Gasteiger partial charge < -0.3 is 14.4 Å². The van der Waals surface area contributed by atoms with Gasteiger partial charge in [0.05, 0.1) is 31.9 Å². The molecule has 1 saturated heterocycles. The van der Waals surface area contributed by atoms with Crippen LogP contribution in [0, 0.1) is 11.7 Å². The Balaban J connectivity index is 1.79. The summed E-state index contributed by atoms with van der Waals surface area (Å²) in [5, 5.41) is 4.16. The summed E-state index contributed by atoms with van der Waals surface area (Å²) >= 11 is 0. The van der Waals surface area contributed by atoms with Crippen LogP contribution in [0.4, 0.5) is 4.39 Å². The Hall–Kier alpha value is -4.28. The third-order valence-corrected chi connectivity index (χ3v) is 6.14. The first-order valence-electron chi connectivity index (χ1n) is 11.9. The lowest BCUT2D eigenvalue weighted by Crippen LogP contribution is -2.49. The molecule has 4 rings (SSSR count). The van der Waals surface area contributed by atoms with Crippen molar-refractivity contribution >= 4 is 11.9 Å². The first kappa shape index (κ1) is 25.8. The molecule has 37 heavy (non-hydrogen) atoms. The summed E-state index contributed by atoms with van der Waals surface area (Å²) in [6.07, 6.45) is 1.11. The molecule has 0 N–H and O–H groups in total. The van der Waals surface area contributed by atoms with E-state index in [9.17, 15) is 23.6 Å². The standard InChI is InChI=1S/C26H27FN4O6/c1-3-37-25(34)18-6-5-13-29(16-18)23(32)22-24(33)30(15-17-9-11-19(27)12-10-17)26(35)31(28-22)20-7-4-8-21(14-20)36-2/h4,7-12,14,18H,3,5-6,13,15-16H2,1-2H3. The number of piperidine rings is 1. The minimum atomic E-state index is -0.878. The van der Waals surface area contributed by atoms with E-state index in [4.69, 9.17) is 9.47 Å². The normalized spacial score (nSPS) is 15.3. The number of hydrogen-bond acceptors (Lipinski definition) is 7. The molecule has 10 nitrogen and oxygen atoms in total. The van der Waals surface area contributed by atoms with Gasteiger partial charge in [-0.25, -0.2) is 9.18 Å². The maximum absolute atomic E-state index is 13.5. The summed E-state index contributed by atoms with van der Waals surface area (Å²) in [4.78, 5) is 54.0. The lowest BCUT2D eigenvalue weighted by atomic mass is 9.98. The van der Waals surface area contributed by atoms with E-state index in [1.54, 1.807) is 31.2 Å². The van der Waals surface area contributed by atoms with Crippen molar-refractivity contribution in [2.24, 2.45) is 5.92 Å². The molecule has 194 valence electrons. The van der Waals surface area contributed by atoms with Gasteiger partial charge in [-0.3, -0.25) is 19.0 Å². The van der Waals surface area contributed by atoms with Crippen molar-refractivity contribution in [2.75, 3.05) is 26.8 Å². The highest BCUT2D eigenvalue weighted by Gasteiger charge is 2.32. The summed E-state index contributed by atoms with van der Waals surface area (Å²) in [6, 6.07) is 11.8. The number of ether oxygens (including phenoxy) is 2. The molecule has 2 heterocycles. The quantitative estimate of drug-likeness (QED) is 0.447. The Kier molecular flexibility index (Phi) is 7.80. The number of methoxy groups -OCH3 is 1. The fourth-order valence-electron chi connectivity index (χ4n) is 4.23. The molecule has 0 spiro atoms. The number of nitrogens with zero attached hydrogens (tertiary/aromatic N) is 4. The molecule has 2 aromatic carbocycles. The van der Waals surface area contributed by atoms with Gasteiger partial charge in [0.25, 0.3) is 11.5 Å². The summed E-state index contributed by atoms with van der Waals surface area (Å²) in [6.45, 7) is 2.14. The van der Waals surface area contributed by atoms with Gasteiger partial charge in [0, 0.05) is 19.2 Å². The van der Waals surface area contributed by atoms with Crippen molar-refractivity contribution in [3.05, 3.63) is 86.4 Å². The van der Waals surface area contributed by atoms with Crippen molar-refractivity contribution < 1.29 is 23.5 Å². The molecule has 1 aliphatic heterocycles. The Morgan fingerprint density at radius 1 is 1.14 bits per heavy atom. The number of carbonyl (C=O) groups is 2. The molecule has 0 bridgehead atoms. The Morgan fingerprint density at radius 3 is 2.59 bits per heavy atom. The minimum Gasteiger partial charge on any atom is -0.497 e. The third kappa shape index (κ3) is 5.60. The Bertz CT molecular complexity index is 1420. The topological polar surface area (TPSA) is 113 Å². The predicted molar refractivity (Wildman–Crippen MR) is 131 cm³/mol. The predicted octanol–water partition coefficient (Wildman–Crippen LogP) is 2.01. The first-order valence-corrected chi connectivity index (χ1v) is 11.9. The average Bonchev–Trinajstić information content (AvgIpc) is 2.92. The number of esters is 1. The lowest BCUT2D eigenvalue weighted by Gasteiger charge is -2.31. The molecular weight excluding hydrogens is 483 g/mol. The SMILES string of the molecule is CCOC(=O)C1CCCN(C(=O)c2nn(-c3cccc(OC)c3)c(=O)n(Cc3ccc(F)cc3)c2=O)C1. The van der Waals surface area contributed by atoms with E-state index in [0.717, 1.165) is 9.25 Å². The van der Waals surface area contributed by atoms with Gasteiger partial charge in [-0.15, -0.1) is 0 Å². The molecule has 1 aliphatic rings. The number of amides is 1. The van der Waals surface area contributed by atoms with E-state index in [2.05, 4.69) is 5.10 Å². The van der Waals surface area contributed by atoms with Gasteiger partial charge in [0.15, 0.2) is 0 Å². The fourth-order valence-corrected chi connectivity index (χ4v) is 4.23. The molecule has 0 radical (unpaired) electrons. The number of benzene rings is 2. The summed E-state index contributed by atoms with van der Waals surface area (Å²) in [7, 11) is 1.47. The van der Waals surface area contributed by atoms with Gasteiger partial charge in [0.1, 0.15) is 11.6 Å². The summed E-state index contributed by atoms with van der Waals surface area (Å²) < 4.78 is 25.6. The lowest BCUT2D eigenvalue weighted by molar-refractivity contribution is -0.149. The van der Waals surface area contributed by atoms with Crippen molar-refractivity contribution in [1.29, 1.82) is 0 Å². The summed E-state index contributed by atoms with van der Waals surface area (Å²) in [5.74, 6) is -1.62. The largest absolute Gasteiger partial charge is 0.497 e. The van der Waals surface area contributed by atoms with Gasteiger partial charge in [-0.05, 0) is 49.6 Å². The Morgan fingerprint density at radius 2 is 1.89 bits per heavy atom. The van der Waals surface area contributed by atoms with Gasteiger partial charge in [-0.2, -0.15) is 9.78 Å². The molecule has 0 saturated carbocycles. The van der Waals surface area contributed by atoms with E-state index >= 15 is 0 Å². The Labute approximate surface area is 211 Å². The number of likely N-dealkylation sites (tertiary alicyclic amines) is 1. The number of carbonyl (C=O) groups excluding carboxylic acids is 2. The van der Waals surface area contributed by atoms with E-state index in [1.807, 2.05) is 0 Å². The monoisotopic (exact) mass is 510 g/mol. The highest BCUT2D eigenvalue weighted by molar-refractivity contribution is 5.92. The second kappa shape index (κ2) is 11.2. The molecule has 11 heteroatoms. The zero-order valence-corrected chi connectivity index (χ0v) is 20.6. The van der Waals surface area contributed by atoms with E-state index in [-0.39, 0.29) is 25.4 Å². The maximum Gasteiger partial charge on any atom is 0.352 e. The van der Waals surface area contributed by atoms with Crippen LogP contribution in [0.5, 0.6) is 5.75 Å². The molecule has 1 amide bonds. The number of aromatic nitrogens is 3. The van der Waals surface area contributed by atoms with Crippen molar-refractivity contribution in [3.8, 4) is 11.4 Å². The van der Waals surface area contributed by atoms with Crippen LogP contribution in [-0.2, 0) is 16.1 Å². The first-order chi connectivity index (χ1) is 17.8. The fraction of sp³-hybridized carbons (Fsp3) is 0.346. The molecule has 0 aliphatic carbocycles. The van der Waals surface area contributed by atoms with Crippen molar-refractivity contribution in [3.63, 3.8) is 0 Å². The highest BCUT2D eigenvalue weighted by Crippen LogP contribution is 2.19. The maximum atomic E-state index is 13.5. The molecular formula is C26H27FN4O6. The molecule has 1 unspecified atom stereocenters. The number of hydrogen-bond donors (Lipinski definition) is 0.